The van der Waals surface area contributed by atoms with Gasteiger partial charge in [0.1, 0.15) is 11.6 Å². The number of rotatable bonds is 10. The van der Waals surface area contributed by atoms with Crippen molar-refractivity contribution in [1.82, 2.24) is 15.2 Å². The van der Waals surface area contributed by atoms with Crippen molar-refractivity contribution < 1.29 is 19.4 Å². The summed E-state index contributed by atoms with van der Waals surface area (Å²) in [6, 6.07) is 7.58. The molecule has 1 saturated heterocycles. The average molecular weight is 567 g/mol. The molecule has 226 valence electrons. The van der Waals surface area contributed by atoms with Crippen molar-refractivity contribution in [2.24, 2.45) is 11.3 Å². The number of amides is 1. The van der Waals surface area contributed by atoms with E-state index in [2.05, 4.69) is 10.3 Å². The molecule has 2 unspecified atom stereocenters. The molecule has 8 nitrogen and oxygen atoms in total. The number of carbonyl (C=O) groups is 2. The van der Waals surface area contributed by atoms with Crippen molar-refractivity contribution in [2.45, 2.75) is 116 Å². The van der Waals surface area contributed by atoms with Crippen LogP contribution in [0, 0.1) is 11.3 Å². The molecule has 2 heterocycles. The van der Waals surface area contributed by atoms with Gasteiger partial charge in [-0.3, -0.25) is 9.59 Å². The molecule has 2 fully saturated rings. The number of ether oxygens (including phenoxy) is 1. The summed E-state index contributed by atoms with van der Waals surface area (Å²) in [5.41, 5.74) is 5.55. The van der Waals surface area contributed by atoms with E-state index < -0.39 is 23.3 Å². The Morgan fingerprint density at radius 3 is 2.49 bits per heavy atom. The van der Waals surface area contributed by atoms with E-state index in [0.717, 1.165) is 67.9 Å². The zero-order chi connectivity index (χ0) is 29.4. The van der Waals surface area contributed by atoms with Gasteiger partial charge in [-0.2, -0.15) is 0 Å². The van der Waals surface area contributed by atoms with Gasteiger partial charge < -0.3 is 25.8 Å². The second-order valence-corrected chi connectivity index (χ2v) is 13.2. The highest BCUT2D eigenvalue weighted by Gasteiger charge is 2.39. The molecule has 1 aliphatic heterocycles. The number of likely N-dealkylation sites (tertiary alicyclic amines) is 1. The minimum atomic E-state index is -0.828. The first kappa shape index (κ1) is 31.1. The fourth-order valence-electron chi connectivity index (χ4n) is 6.58. The second-order valence-electron chi connectivity index (χ2n) is 13.2. The van der Waals surface area contributed by atoms with E-state index >= 15 is 0 Å². The first-order valence-electron chi connectivity index (χ1n) is 15.7. The molecule has 1 aromatic carbocycles. The number of nitrogens with one attached hydrogen (secondary N) is 1. The lowest BCUT2D eigenvalue weighted by Gasteiger charge is -2.40. The Bertz CT molecular complexity index is 1160. The van der Waals surface area contributed by atoms with E-state index in [1.54, 1.807) is 6.20 Å². The monoisotopic (exact) mass is 566 g/mol. The standard InChI is InChI=1S/C33H50N4O4/c1-33(2,3)28(32(39)40)22-29(36-24-11-7-5-4-6-8-12-24)31(38)37-19-10-9-13-25(37)17-20-41-26-14-15-27-23(21-26)16-18-35-30(27)34/h14-16,18,21,24-25,28-29,36H,4-13,17,19-20,22H2,1-3H3,(H2,34,35)(H,39,40)/t25?,28?,29-/m0/s1. The number of aliphatic carboxylic acids is 1. The number of hydrogen-bond acceptors (Lipinski definition) is 6. The molecule has 2 aliphatic rings. The van der Waals surface area contributed by atoms with E-state index in [-0.39, 0.29) is 18.0 Å². The first-order chi connectivity index (χ1) is 19.6. The molecule has 0 spiro atoms. The summed E-state index contributed by atoms with van der Waals surface area (Å²) in [6.45, 7) is 7.09. The molecule has 41 heavy (non-hydrogen) atoms. The third kappa shape index (κ3) is 8.57. The molecule has 1 amide bonds. The normalized spacial score (nSPS) is 20.7. The number of hydrogen-bond donors (Lipinski definition) is 3. The van der Waals surface area contributed by atoms with Gasteiger partial charge in [-0.05, 0) is 73.6 Å². The maximum absolute atomic E-state index is 14.2. The maximum Gasteiger partial charge on any atom is 0.307 e. The van der Waals surface area contributed by atoms with Gasteiger partial charge in [0.15, 0.2) is 0 Å². The third-order valence-electron chi connectivity index (χ3n) is 9.05. The van der Waals surface area contributed by atoms with Crippen LogP contribution in [0.5, 0.6) is 5.75 Å². The van der Waals surface area contributed by atoms with Crippen LogP contribution < -0.4 is 15.8 Å². The highest BCUT2D eigenvalue weighted by molar-refractivity contribution is 5.91. The smallest absolute Gasteiger partial charge is 0.307 e. The van der Waals surface area contributed by atoms with Gasteiger partial charge in [-0.25, -0.2) is 4.98 Å². The van der Waals surface area contributed by atoms with Crippen LogP contribution >= 0.6 is 0 Å². The summed E-state index contributed by atoms with van der Waals surface area (Å²) >= 11 is 0. The van der Waals surface area contributed by atoms with Crippen molar-refractivity contribution in [1.29, 1.82) is 0 Å². The van der Waals surface area contributed by atoms with Crippen LogP contribution in [-0.4, -0.2) is 58.1 Å². The molecule has 8 heteroatoms. The van der Waals surface area contributed by atoms with Crippen LogP contribution in [0.4, 0.5) is 5.82 Å². The van der Waals surface area contributed by atoms with E-state index in [4.69, 9.17) is 10.5 Å². The number of pyridine rings is 1. The minimum Gasteiger partial charge on any atom is -0.493 e. The Hall–Kier alpha value is -2.87. The van der Waals surface area contributed by atoms with Crippen LogP contribution in [0.3, 0.4) is 0 Å². The largest absolute Gasteiger partial charge is 0.493 e. The van der Waals surface area contributed by atoms with Crippen LogP contribution in [0.2, 0.25) is 0 Å². The number of carboxylic acids is 1. The number of benzene rings is 1. The topological polar surface area (TPSA) is 118 Å². The zero-order valence-electron chi connectivity index (χ0n) is 25.2. The molecular weight excluding hydrogens is 516 g/mol. The molecule has 4 rings (SSSR count). The Morgan fingerprint density at radius 1 is 1.07 bits per heavy atom. The highest BCUT2D eigenvalue weighted by Crippen LogP contribution is 2.32. The quantitative estimate of drug-likeness (QED) is 0.314. The van der Waals surface area contributed by atoms with Gasteiger partial charge in [-0.1, -0.05) is 52.9 Å². The first-order valence-corrected chi connectivity index (χ1v) is 15.7. The molecule has 3 atom stereocenters. The number of nitrogens with zero attached hydrogens (tertiary/aromatic N) is 2. The van der Waals surface area contributed by atoms with Crippen LogP contribution in [-0.2, 0) is 9.59 Å². The Morgan fingerprint density at radius 2 is 1.78 bits per heavy atom. The number of carbonyl (C=O) groups excluding carboxylic acids is 1. The van der Waals surface area contributed by atoms with E-state index in [9.17, 15) is 14.7 Å². The summed E-state index contributed by atoms with van der Waals surface area (Å²) < 4.78 is 6.14. The van der Waals surface area contributed by atoms with Gasteiger partial charge in [0, 0.05) is 36.6 Å². The molecule has 0 bridgehead atoms. The summed E-state index contributed by atoms with van der Waals surface area (Å²) in [6.07, 6.45) is 13.9. The van der Waals surface area contributed by atoms with E-state index in [1.165, 1.54) is 19.3 Å². The van der Waals surface area contributed by atoms with Crippen LogP contribution in [0.15, 0.2) is 30.5 Å². The molecule has 0 radical (unpaired) electrons. The summed E-state index contributed by atoms with van der Waals surface area (Å²) in [4.78, 5) is 32.8. The van der Waals surface area contributed by atoms with E-state index in [1.807, 2.05) is 49.9 Å². The van der Waals surface area contributed by atoms with Gasteiger partial charge in [-0.15, -0.1) is 0 Å². The molecule has 1 aromatic heterocycles. The molecular formula is C33H50N4O4. The Kier molecular flexibility index (Phi) is 10.9. The lowest BCUT2D eigenvalue weighted by molar-refractivity contribution is -0.147. The lowest BCUT2D eigenvalue weighted by atomic mass is 9.76. The Balaban J connectivity index is 1.46. The summed E-state index contributed by atoms with van der Waals surface area (Å²) in [5.74, 6) is -0.104. The maximum atomic E-state index is 14.2. The molecule has 1 saturated carbocycles. The van der Waals surface area contributed by atoms with Crippen molar-refractivity contribution in [3.8, 4) is 5.75 Å². The van der Waals surface area contributed by atoms with Gasteiger partial charge in [0.2, 0.25) is 5.91 Å². The number of fused-ring (bicyclic) bond motifs is 1. The molecule has 2 aromatic rings. The van der Waals surface area contributed by atoms with Crippen molar-refractivity contribution >= 4 is 28.5 Å². The number of aromatic nitrogens is 1. The van der Waals surface area contributed by atoms with Crippen LogP contribution in [0.1, 0.15) is 97.8 Å². The average Bonchev–Trinajstić information content (AvgIpc) is 2.91. The molecule has 1 aliphatic carbocycles. The number of anilines is 1. The predicted octanol–water partition coefficient (Wildman–Crippen LogP) is 6.18. The van der Waals surface area contributed by atoms with Crippen molar-refractivity contribution in [2.75, 3.05) is 18.9 Å². The van der Waals surface area contributed by atoms with Crippen molar-refractivity contribution in [3.05, 3.63) is 30.5 Å². The van der Waals surface area contributed by atoms with Gasteiger partial charge in [0.25, 0.3) is 0 Å². The molecule has 4 N–H and O–H groups in total. The minimum absolute atomic E-state index is 0.0564. The lowest BCUT2D eigenvalue weighted by Crippen LogP contribution is -2.55. The number of nitrogens with two attached hydrogens (primary N) is 1. The van der Waals surface area contributed by atoms with Crippen molar-refractivity contribution in [3.63, 3.8) is 0 Å². The fourth-order valence-corrected chi connectivity index (χ4v) is 6.58. The summed E-state index contributed by atoms with van der Waals surface area (Å²) in [7, 11) is 0. The summed E-state index contributed by atoms with van der Waals surface area (Å²) in [5, 5.41) is 15.7. The second kappa shape index (κ2) is 14.3. The Labute approximate surface area is 245 Å². The number of nitrogen functional groups attached to an aromatic ring is 1. The van der Waals surface area contributed by atoms with Crippen LogP contribution in [0.25, 0.3) is 10.8 Å². The predicted molar refractivity (Wildman–Crippen MR) is 164 cm³/mol. The highest BCUT2D eigenvalue weighted by atomic mass is 16.5. The zero-order valence-corrected chi connectivity index (χ0v) is 25.2. The van der Waals surface area contributed by atoms with Gasteiger partial charge in [0.05, 0.1) is 18.6 Å². The van der Waals surface area contributed by atoms with Gasteiger partial charge >= 0.3 is 5.97 Å². The number of carboxylic acid groups (broad SMARTS) is 1. The SMILES string of the molecule is CC(C)(C)C(C[C@H](NC1CCCCCCC1)C(=O)N1CCCCC1CCOc1ccc2c(N)nccc2c1)C(=O)O. The van der Waals surface area contributed by atoms with E-state index in [0.29, 0.717) is 25.4 Å². The third-order valence-corrected chi connectivity index (χ3v) is 9.05. The fraction of sp³-hybridized carbons (Fsp3) is 0.667. The number of piperidine rings is 1.